The first-order valence-electron chi connectivity index (χ1n) is 7.93. The van der Waals surface area contributed by atoms with Crippen LogP contribution in [0.15, 0.2) is 24.3 Å². The molecular weight excluding hydrogens is 296 g/mol. The average molecular weight is 318 g/mol. The van der Waals surface area contributed by atoms with Gasteiger partial charge in [-0.3, -0.25) is 4.79 Å². The lowest BCUT2D eigenvalue weighted by Crippen LogP contribution is -2.44. The summed E-state index contributed by atoms with van der Waals surface area (Å²) in [4.78, 5) is 19.5. The molecule has 2 aromatic rings. The van der Waals surface area contributed by atoms with Crippen LogP contribution in [0, 0.1) is 0 Å². The second-order valence-corrected chi connectivity index (χ2v) is 6.76. The predicted molar refractivity (Wildman–Crippen MR) is 89.0 cm³/mol. The maximum atomic E-state index is 12.7. The van der Waals surface area contributed by atoms with E-state index < -0.39 is 0 Å². The number of para-hydroxylation sites is 1. The van der Waals surface area contributed by atoms with Gasteiger partial charge in [-0.05, 0) is 37.8 Å². The fourth-order valence-corrected chi connectivity index (χ4v) is 4.23. The summed E-state index contributed by atoms with van der Waals surface area (Å²) in [6, 6.07) is 8.27. The molecule has 1 aliphatic rings. The SMILES string of the molecule is CC[C@@H](OC)C(=O)N1CCCC[C@H]1c1nc2ccccc2s1. The highest BCUT2D eigenvalue weighted by Gasteiger charge is 2.33. The fraction of sp³-hybridized carbons (Fsp3) is 0.529. The first-order chi connectivity index (χ1) is 10.7. The second kappa shape index (κ2) is 6.75. The Morgan fingerprint density at radius 2 is 2.27 bits per heavy atom. The minimum atomic E-state index is -0.338. The number of hydrogen-bond acceptors (Lipinski definition) is 4. The Morgan fingerprint density at radius 3 is 3.00 bits per heavy atom. The van der Waals surface area contributed by atoms with Crippen molar-refractivity contribution in [3.8, 4) is 0 Å². The normalized spacial score (nSPS) is 20.3. The standard InChI is InChI=1S/C17H22N2O2S/c1-3-14(21-2)17(20)19-11-7-6-9-13(19)16-18-12-8-4-5-10-15(12)22-16/h4-5,8,10,13-14H,3,6-7,9,11H2,1-2H3/t13-,14+/m0/s1. The maximum Gasteiger partial charge on any atom is 0.252 e. The van der Waals surface area contributed by atoms with E-state index >= 15 is 0 Å². The van der Waals surface area contributed by atoms with Crippen LogP contribution in [-0.2, 0) is 9.53 Å². The van der Waals surface area contributed by atoms with Gasteiger partial charge in [-0.1, -0.05) is 19.1 Å². The summed E-state index contributed by atoms with van der Waals surface area (Å²) >= 11 is 1.71. The average Bonchev–Trinajstić information content (AvgIpc) is 2.99. The van der Waals surface area contributed by atoms with Gasteiger partial charge in [-0.2, -0.15) is 0 Å². The third kappa shape index (κ3) is 2.88. The molecule has 0 saturated carbocycles. The molecule has 3 rings (SSSR count). The van der Waals surface area contributed by atoms with E-state index in [1.807, 2.05) is 30.0 Å². The number of thiazole rings is 1. The molecule has 2 atom stereocenters. The van der Waals surface area contributed by atoms with Gasteiger partial charge in [-0.25, -0.2) is 4.98 Å². The van der Waals surface area contributed by atoms with Crippen LogP contribution in [0.5, 0.6) is 0 Å². The van der Waals surface area contributed by atoms with Gasteiger partial charge in [-0.15, -0.1) is 11.3 Å². The van der Waals surface area contributed by atoms with Crippen molar-refractivity contribution in [2.24, 2.45) is 0 Å². The number of methoxy groups -OCH3 is 1. The van der Waals surface area contributed by atoms with Crippen molar-refractivity contribution in [2.45, 2.75) is 44.8 Å². The number of benzene rings is 1. The molecule has 1 aromatic carbocycles. The van der Waals surface area contributed by atoms with Gasteiger partial charge < -0.3 is 9.64 Å². The summed E-state index contributed by atoms with van der Waals surface area (Å²) < 4.78 is 6.54. The number of fused-ring (bicyclic) bond motifs is 1. The Labute approximate surface area is 135 Å². The molecule has 0 unspecified atom stereocenters. The number of carbonyl (C=O) groups excluding carboxylic acids is 1. The third-order valence-electron chi connectivity index (χ3n) is 4.31. The second-order valence-electron chi connectivity index (χ2n) is 5.70. The Morgan fingerprint density at radius 1 is 1.45 bits per heavy atom. The lowest BCUT2D eigenvalue weighted by atomic mass is 10.0. The molecule has 1 saturated heterocycles. The molecule has 5 heteroatoms. The van der Waals surface area contributed by atoms with E-state index in [9.17, 15) is 4.79 Å². The molecular formula is C17H22N2O2S. The van der Waals surface area contributed by atoms with Gasteiger partial charge >= 0.3 is 0 Å². The van der Waals surface area contributed by atoms with Crippen molar-refractivity contribution in [1.29, 1.82) is 0 Å². The number of piperidine rings is 1. The quantitative estimate of drug-likeness (QED) is 0.861. The molecule has 0 aliphatic carbocycles. The van der Waals surface area contributed by atoms with Crippen molar-refractivity contribution in [2.75, 3.05) is 13.7 Å². The van der Waals surface area contributed by atoms with Gasteiger partial charge in [0.1, 0.15) is 11.1 Å². The number of aromatic nitrogens is 1. The minimum Gasteiger partial charge on any atom is -0.372 e. The zero-order valence-electron chi connectivity index (χ0n) is 13.1. The van der Waals surface area contributed by atoms with E-state index in [1.54, 1.807) is 18.4 Å². The number of ether oxygens (including phenoxy) is 1. The Hall–Kier alpha value is -1.46. The molecule has 1 amide bonds. The summed E-state index contributed by atoms with van der Waals surface area (Å²) in [6.07, 6.45) is 3.57. The topological polar surface area (TPSA) is 42.4 Å². The fourth-order valence-electron chi connectivity index (χ4n) is 3.11. The molecule has 118 valence electrons. The zero-order chi connectivity index (χ0) is 15.5. The van der Waals surface area contributed by atoms with Crippen LogP contribution in [0.2, 0.25) is 0 Å². The number of rotatable bonds is 4. The summed E-state index contributed by atoms with van der Waals surface area (Å²) in [5.41, 5.74) is 1.03. The molecule has 1 aliphatic heterocycles. The summed E-state index contributed by atoms with van der Waals surface area (Å²) in [7, 11) is 1.61. The Kier molecular flexibility index (Phi) is 4.74. The molecule has 1 aromatic heterocycles. The van der Waals surface area contributed by atoms with Gasteiger partial charge in [0.15, 0.2) is 0 Å². The smallest absolute Gasteiger partial charge is 0.252 e. The van der Waals surface area contributed by atoms with Crippen LogP contribution in [0.25, 0.3) is 10.2 Å². The molecule has 22 heavy (non-hydrogen) atoms. The highest BCUT2D eigenvalue weighted by atomic mass is 32.1. The molecule has 4 nitrogen and oxygen atoms in total. The summed E-state index contributed by atoms with van der Waals surface area (Å²) in [6.45, 7) is 2.79. The monoisotopic (exact) mass is 318 g/mol. The van der Waals surface area contributed by atoms with Gasteiger partial charge in [0.25, 0.3) is 5.91 Å². The lowest BCUT2D eigenvalue weighted by molar-refractivity contribution is -0.146. The number of likely N-dealkylation sites (tertiary alicyclic amines) is 1. The van der Waals surface area contributed by atoms with Crippen LogP contribution in [-0.4, -0.2) is 35.5 Å². The van der Waals surface area contributed by atoms with Gasteiger partial charge in [0, 0.05) is 13.7 Å². The number of hydrogen-bond donors (Lipinski definition) is 0. The first kappa shape index (κ1) is 15.4. The van der Waals surface area contributed by atoms with Crippen LogP contribution in [0.1, 0.15) is 43.7 Å². The van der Waals surface area contributed by atoms with E-state index in [4.69, 9.17) is 9.72 Å². The summed E-state index contributed by atoms with van der Waals surface area (Å²) in [5.74, 6) is 0.106. The van der Waals surface area contributed by atoms with E-state index in [2.05, 4.69) is 6.07 Å². The molecule has 1 fully saturated rings. The lowest BCUT2D eigenvalue weighted by Gasteiger charge is -2.36. The molecule has 0 bridgehead atoms. The van der Waals surface area contributed by atoms with E-state index in [-0.39, 0.29) is 18.1 Å². The Balaban J connectivity index is 1.90. The summed E-state index contributed by atoms with van der Waals surface area (Å²) in [5, 5.41) is 1.06. The maximum absolute atomic E-state index is 12.7. The molecule has 0 spiro atoms. The zero-order valence-corrected chi connectivity index (χ0v) is 13.9. The van der Waals surface area contributed by atoms with Crippen LogP contribution in [0.4, 0.5) is 0 Å². The Bertz CT molecular complexity index is 618. The largest absolute Gasteiger partial charge is 0.372 e. The van der Waals surface area contributed by atoms with Crippen LogP contribution >= 0.6 is 11.3 Å². The van der Waals surface area contributed by atoms with E-state index in [0.717, 1.165) is 36.3 Å². The number of nitrogens with zero attached hydrogens (tertiary/aromatic N) is 2. The van der Waals surface area contributed by atoms with Crippen molar-refractivity contribution >= 4 is 27.5 Å². The van der Waals surface area contributed by atoms with Gasteiger partial charge in [0.2, 0.25) is 0 Å². The van der Waals surface area contributed by atoms with Crippen molar-refractivity contribution < 1.29 is 9.53 Å². The van der Waals surface area contributed by atoms with Crippen molar-refractivity contribution in [3.63, 3.8) is 0 Å². The number of amides is 1. The molecule has 2 heterocycles. The number of carbonyl (C=O) groups is 1. The van der Waals surface area contributed by atoms with Crippen molar-refractivity contribution in [1.82, 2.24) is 9.88 Å². The van der Waals surface area contributed by atoms with Crippen molar-refractivity contribution in [3.05, 3.63) is 29.3 Å². The predicted octanol–water partition coefficient (Wildman–Crippen LogP) is 3.77. The van der Waals surface area contributed by atoms with E-state index in [0.29, 0.717) is 6.42 Å². The van der Waals surface area contributed by atoms with E-state index in [1.165, 1.54) is 4.70 Å². The highest BCUT2D eigenvalue weighted by molar-refractivity contribution is 7.18. The highest BCUT2D eigenvalue weighted by Crippen LogP contribution is 2.36. The first-order valence-corrected chi connectivity index (χ1v) is 8.75. The van der Waals surface area contributed by atoms with Crippen LogP contribution in [0.3, 0.4) is 0 Å². The minimum absolute atomic E-state index is 0.0999. The molecule has 0 radical (unpaired) electrons. The van der Waals surface area contributed by atoms with Gasteiger partial charge in [0.05, 0.1) is 16.3 Å². The van der Waals surface area contributed by atoms with Crippen LogP contribution < -0.4 is 0 Å². The third-order valence-corrected chi connectivity index (χ3v) is 5.45. The molecule has 0 N–H and O–H groups in total.